The smallest absolute Gasteiger partial charge is 0.0837 e. The monoisotopic (exact) mass is 206 g/mol. The van der Waals surface area contributed by atoms with Crippen molar-refractivity contribution < 1.29 is 0 Å². The first-order valence-corrected chi connectivity index (χ1v) is 5.51. The van der Waals surface area contributed by atoms with Gasteiger partial charge >= 0.3 is 0 Å². The van der Waals surface area contributed by atoms with Crippen molar-refractivity contribution in [3.63, 3.8) is 0 Å². The van der Waals surface area contributed by atoms with Gasteiger partial charge in [-0.3, -0.25) is 0 Å². The van der Waals surface area contributed by atoms with Crippen molar-refractivity contribution in [3.05, 3.63) is 65.8 Å². The van der Waals surface area contributed by atoms with Gasteiger partial charge in [0.2, 0.25) is 0 Å². The van der Waals surface area contributed by atoms with Gasteiger partial charge in [-0.2, -0.15) is 0 Å². The van der Waals surface area contributed by atoms with Crippen LogP contribution in [0.3, 0.4) is 0 Å². The Morgan fingerprint density at radius 3 is 2.75 bits per heavy atom. The molecule has 0 saturated heterocycles. The lowest BCUT2D eigenvalue weighted by Crippen LogP contribution is -1.97. The number of allylic oxidation sites excluding steroid dienone is 6. The van der Waals surface area contributed by atoms with Gasteiger partial charge in [0.1, 0.15) is 0 Å². The van der Waals surface area contributed by atoms with Crippen LogP contribution in [-0.4, -0.2) is 7.85 Å². The second-order valence-electron chi connectivity index (χ2n) is 4.55. The average molecular weight is 206 g/mol. The van der Waals surface area contributed by atoms with Crippen molar-refractivity contribution in [3.8, 4) is 0 Å². The second-order valence-corrected chi connectivity index (χ2v) is 4.55. The minimum absolute atomic E-state index is 0.345. The first kappa shape index (κ1) is 11.0. The summed E-state index contributed by atoms with van der Waals surface area (Å²) in [6.45, 7) is 4.10. The lowest BCUT2D eigenvalue weighted by atomic mass is 9.70. The van der Waals surface area contributed by atoms with Gasteiger partial charge in [-0.1, -0.05) is 67.1 Å². The summed E-state index contributed by atoms with van der Waals surface area (Å²) in [5.74, 6) is 0. The molecule has 0 amide bonds. The molecule has 1 aromatic carbocycles. The molecule has 1 heteroatoms. The van der Waals surface area contributed by atoms with E-state index in [1.165, 1.54) is 16.7 Å². The van der Waals surface area contributed by atoms with Crippen molar-refractivity contribution in [2.75, 3.05) is 0 Å². The fourth-order valence-corrected chi connectivity index (χ4v) is 1.76. The lowest BCUT2D eigenvalue weighted by Gasteiger charge is -2.13. The topological polar surface area (TPSA) is 0 Å². The molecule has 0 aromatic heterocycles. The van der Waals surface area contributed by atoms with Crippen molar-refractivity contribution in [1.82, 2.24) is 0 Å². The molecule has 1 aliphatic rings. The summed E-state index contributed by atoms with van der Waals surface area (Å²) < 4.78 is 0. The van der Waals surface area contributed by atoms with Gasteiger partial charge in [0.15, 0.2) is 0 Å². The summed E-state index contributed by atoms with van der Waals surface area (Å²) >= 11 is 0. The molecule has 16 heavy (non-hydrogen) atoms. The van der Waals surface area contributed by atoms with Crippen molar-refractivity contribution in [2.24, 2.45) is 0 Å². The van der Waals surface area contributed by atoms with E-state index in [9.17, 15) is 0 Å². The van der Waals surface area contributed by atoms with Crippen LogP contribution in [0.4, 0.5) is 0 Å². The molecule has 0 fully saturated rings. The number of benzene rings is 1. The first-order chi connectivity index (χ1) is 7.57. The highest BCUT2D eigenvalue weighted by Gasteiger charge is 2.10. The van der Waals surface area contributed by atoms with Crippen molar-refractivity contribution >= 4 is 13.4 Å². The molecule has 0 spiro atoms. The molecule has 1 aromatic rings. The quantitative estimate of drug-likeness (QED) is 0.612. The zero-order chi connectivity index (χ0) is 11.6. The van der Waals surface area contributed by atoms with E-state index in [2.05, 4.69) is 43.3 Å². The van der Waals surface area contributed by atoms with E-state index >= 15 is 0 Å². The minimum Gasteiger partial charge on any atom is -0.0837 e. The van der Waals surface area contributed by atoms with Crippen LogP contribution in [0.15, 0.2) is 54.6 Å². The first-order valence-electron chi connectivity index (χ1n) is 5.51. The Bertz CT molecular complexity index is 476. The molecule has 1 unspecified atom stereocenters. The van der Waals surface area contributed by atoms with E-state index in [-0.39, 0.29) is 5.31 Å². The van der Waals surface area contributed by atoms with Crippen LogP contribution in [0.2, 0.25) is 5.31 Å². The molecule has 2 rings (SSSR count). The van der Waals surface area contributed by atoms with Gasteiger partial charge in [0.25, 0.3) is 0 Å². The molecule has 0 N–H and O–H groups in total. The van der Waals surface area contributed by atoms with Crippen LogP contribution in [-0.2, 0) is 0 Å². The fraction of sp³-hybridized carbons (Fsp3) is 0.200. The third-order valence-corrected chi connectivity index (χ3v) is 2.70. The molecule has 1 atom stereocenters. The van der Waals surface area contributed by atoms with Gasteiger partial charge in [0.05, 0.1) is 7.85 Å². The Hall–Kier alpha value is -1.50. The molecular weight excluding hydrogens is 191 g/mol. The molecule has 78 valence electrons. The van der Waals surface area contributed by atoms with E-state index in [1.807, 2.05) is 25.2 Å². The normalized spacial score (nSPS) is 24.0. The van der Waals surface area contributed by atoms with Crippen molar-refractivity contribution in [1.29, 1.82) is 0 Å². The van der Waals surface area contributed by atoms with E-state index < -0.39 is 0 Å². The second kappa shape index (κ2) is 4.17. The van der Waals surface area contributed by atoms with Crippen molar-refractivity contribution in [2.45, 2.75) is 19.2 Å². The third kappa shape index (κ3) is 2.54. The maximum atomic E-state index is 6.04. The molecule has 0 heterocycles. The zero-order valence-corrected chi connectivity index (χ0v) is 9.77. The largest absolute Gasteiger partial charge is 0.0854 e. The number of aryl methyl sites for hydroxylation is 1. The van der Waals surface area contributed by atoms with Crippen LogP contribution in [0.5, 0.6) is 0 Å². The van der Waals surface area contributed by atoms with Gasteiger partial charge < -0.3 is 0 Å². The highest BCUT2D eigenvalue weighted by Crippen LogP contribution is 2.29. The number of hydrogen-bond acceptors (Lipinski definition) is 0. The predicted molar refractivity (Wildman–Crippen MR) is 71.6 cm³/mol. The highest BCUT2D eigenvalue weighted by molar-refractivity contribution is 6.18. The third-order valence-electron chi connectivity index (χ3n) is 2.70. The summed E-state index contributed by atoms with van der Waals surface area (Å²) in [5.41, 5.74) is 3.71. The molecule has 2 radical (unpaired) electrons. The Morgan fingerprint density at radius 2 is 2.00 bits per heavy atom. The van der Waals surface area contributed by atoms with E-state index in [4.69, 9.17) is 7.85 Å². The fourth-order valence-electron chi connectivity index (χ4n) is 1.76. The minimum atomic E-state index is -0.345. The molecule has 0 nitrogen and oxygen atoms in total. The summed E-state index contributed by atoms with van der Waals surface area (Å²) in [6, 6.07) is 8.49. The van der Waals surface area contributed by atoms with Gasteiger partial charge in [0, 0.05) is 0 Å². The molecule has 0 bridgehead atoms. The Labute approximate surface area is 98.8 Å². The molecule has 1 aliphatic carbocycles. The van der Waals surface area contributed by atoms with Crippen LogP contribution >= 0.6 is 0 Å². The SMILES string of the molecule is [B]C1(C)C=CC=C(c2cccc(C)c2)C=C1. The zero-order valence-electron chi connectivity index (χ0n) is 9.77. The van der Waals surface area contributed by atoms with Crippen LogP contribution in [0, 0.1) is 6.92 Å². The Balaban J connectivity index is 2.37. The highest BCUT2D eigenvalue weighted by atomic mass is 14.1. The average Bonchev–Trinajstić information content (AvgIpc) is 2.39. The van der Waals surface area contributed by atoms with Crippen LogP contribution < -0.4 is 0 Å². The maximum Gasteiger partial charge on any atom is 0.0854 e. The summed E-state index contributed by atoms with van der Waals surface area (Å²) in [6.07, 6.45) is 10.3. The molecular formula is C15H15B. The van der Waals surface area contributed by atoms with Gasteiger partial charge in [-0.05, 0) is 23.4 Å². The van der Waals surface area contributed by atoms with E-state index in [0.717, 1.165) is 0 Å². The van der Waals surface area contributed by atoms with E-state index in [1.54, 1.807) is 0 Å². The van der Waals surface area contributed by atoms with Crippen LogP contribution in [0.25, 0.3) is 5.57 Å². The molecule has 0 saturated carbocycles. The van der Waals surface area contributed by atoms with Crippen LogP contribution in [0.1, 0.15) is 18.1 Å². The standard InChI is InChI=1S/C15H15B/c1-12-5-3-6-14(11-12)13-7-4-9-15(2,16)10-8-13/h3-11H,1-2H3. The lowest BCUT2D eigenvalue weighted by molar-refractivity contribution is 0.971. The molecule has 0 aliphatic heterocycles. The Morgan fingerprint density at radius 1 is 1.19 bits per heavy atom. The summed E-state index contributed by atoms with van der Waals surface area (Å²) in [7, 11) is 6.04. The number of hydrogen-bond donors (Lipinski definition) is 0. The summed E-state index contributed by atoms with van der Waals surface area (Å²) in [5, 5.41) is -0.345. The van der Waals surface area contributed by atoms with Gasteiger partial charge in [-0.25, -0.2) is 0 Å². The summed E-state index contributed by atoms with van der Waals surface area (Å²) in [4.78, 5) is 0. The predicted octanol–water partition coefficient (Wildman–Crippen LogP) is 3.85. The number of rotatable bonds is 1. The van der Waals surface area contributed by atoms with Gasteiger partial charge in [-0.15, -0.1) is 0 Å². The van der Waals surface area contributed by atoms with E-state index in [0.29, 0.717) is 0 Å². The maximum absolute atomic E-state index is 6.04. The Kier molecular flexibility index (Phi) is 2.87.